The van der Waals surface area contributed by atoms with Crippen LogP contribution in [0.4, 0.5) is 0 Å². The summed E-state index contributed by atoms with van der Waals surface area (Å²) in [4.78, 5) is 29.8. The van der Waals surface area contributed by atoms with Crippen LogP contribution in [0.3, 0.4) is 0 Å². The predicted molar refractivity (Wildman–Crippen MR) is 121 cm³/mol. The molecule has 0 spiro atoms. The van der Waals surface area contributed by atoms with E-state index in [2.05, 4.69) is 18.7 Å². The van der Waals surface area contributed by atoms with Crippen molar-refractivity contribution in [3.05, 3.63) is 71.3 Å². The quantitative estimate of drug-likeness (QED) is 0.378. The zero-order chi connectivity index (χ0) is 22.4. The van der Waals surface area contributed by atoms with E-state index in [1.54, 1.807) is 48.4 Å². The Morgan fingerprint density at radius 2 is 1.68 bits per heavy atom. The fraction of sp³-hybridized carbons (Fsp3) is 0.360. The largest absolute Gasteiger partial charge is 0.507 e. The van der Waals surface area contributed by atoms with Gasteiger partial charge in [-0.15, -0.1) is 0 Å². The van der Waals surface area contributed by atoms with Crippen LogP contribution in [0.5, 0.6) is 5.75 Å². The second-order valence-corrected chi connectivity index (χ2v) is 7.51. The lowest BCUT2D eigenvalue weighted by Crippen LogP contribution is -2.33. The van der Waals surface area contributed by atoms with Gasteiger partial charge in [-0.25, -0.2) is 0 Å². The van der Waals surface area contributed by atoms with Crippen LogP contribution in [0.1, 0.15) is 37.4 Å². The first-order chi connectivity index (χ1) is 15.0. The molecule has 0 aliphatic carbocycles. The normalized spacial score (nSPS) is 18.1. The van der Waals surface area contributed by atoms with Crippen molar-refractivity contribution in [3.8, 4) is 5.75 Å². The summed E-state index contributed by atoms with van der Waals surface area (Å²) in [5.41, 5.74) is 1.41. The van der Waals surface area contributed by atoms with Crippen molar-refractivity contribution < 1.29 is 19.4 Å². The number of methoxy groups -OCH3 is 1. The first kappa shape index (κ1) is 22.6. The van der Waals surface area contributed by atoms with Crippen LogP contribution in [0, 0.1) is 0 Å². The zero-order valence-corrected chi connectivity index (χ0v) is 18.4. The van der Waals surface area contributed by atoms with Gasteiger partial charge >= 0.3 is 0 Å². The summed E-state index contributed by atoms with van der Waals surface area (Å²) in [6, 6.07) is 15.5. The summed E-state index contributed by atoms with van der Waals surface area (Å²) >= 11 is 0. The van der Waals surface area contributed by atoms with Gasteiger partial charge in [0.05, 0.1) is 18.7 Å². The number of amides is 1. The monoisotopic (exact) mass is 422 g/mol. The smallest absolute Gasteiger partial charge is 0.295 e. The van der Waals surface area contributed by atoms with E-state index in [1.807, 2.05) is 18.2 Å². The molecule has 1 fully saturated rings. The molecule has 1 amide bonds. The third-order valence-electron chi connectivity index (χ3n) is 5.79. The summed E-state index contributed by atoms with van der Waals surface area (Å²) in [6.07, 6.45) is 0.743. The number of nitrogens with zero attached hydrogens (tertiary/aromatic N) is 2. The first-order valence-corrected chi connectivity index (χ1v) is 10.7. The van der Waals surface area contributed by atoms with Gasteiger partial charge in [0.15, 0.2) is 0 Å². The number of hydrogen-bond acceptors (Lipinski definition) is 5. The Morgan fingerprint density at radius 1 is 1.03 bits per heavy atom. The van der Waals surface area contributed by atoms with E-state index in [-0.39, 0.29) is 11.3 Å². The van der Waals surface area contributed by atoms with Crippen LogP contribution >= 0.6 is 0 Å². The van der Waals surface area contributed by atoms with Gasteiger partial charge in [0.2, 0.25) is 0 Å². The number of likely N-dealkylation sites (tertiary alicyclic amines) is 1. The van der Waals surface area contributed by atoms with Gasteiger partial charge in [-0.3, -0.25) is 9.59 Å². The van der Waals surface area contributed by atoms with Gasteiger partial charge in [0.25, 0.3) is 11.7 Å². The Labute approximate surface area is 183 Å². The fourth-order valence-corrected chi connectivity index (χ4v) is 4.00. The minimum absolute atomic E-state index is 0.129. The van der Waals surface area contributed by atoms with Gasteiger partial charge in [-0.05, 0) is 43.8 Å². The molecule has 2 aromatic carbocycles. The lowest BCUT2D eigenvalue weighted by atomic mass is 9.95. The summed E-state index contributed by atoms with van der Waals surface area (Å²) in [6.45, 7) is 7.35. The molecule has 31 heavy (non-hydrogen) atoms. The molecule has 3 rings (SSSR count). The molecule has 164 valence electrons. The van der Waals surface area contributed by atoms with Crippen molar-refractivity contribution in [3.63, 3.8) is 0 Å². The molecule has 6 nitrogen and oxygen atoms in total. The highest BCUT2D eigenvalue weighted by atomic mass is 16.5. The molecule has 0 saturated carbocycles. The van der Waals surface area contributed by atoms with Gasteiger partial charge < -0.3 is 19.6 Å². The Morgan fingerprint density at radius 3 is 2.26 bits per heavy atom. The molecule has 0 bridgehead atoms. The molecule has 1 saturated heterocycles. The molecule has 0 radical (unpaired) electrons. The fourth-order valence-electron chi connectivity index (χ4n) is 4.00. The minimum Gasteiger partial charge on any atom is -0.507 e. The van der Waals surface area contributed by atoms with Crippen molar-refractivity contribution in [2.24, 2.45) is 0 Å². The zero-order valence-electron chi connectivity index (χ0n) is 18.4. The van der Waals surface area contributed by atoms with Crippen molar-refractivity contribution in [1.29, 1.82) is 0 Å². The summed E-state index contributed by atoms with van der Waals surface area (Å²) in [7, 11) is 1.59. The third-order valence-corrected chi connectivity index (χ3v) is 5.79. The van der Waals surface area contributed by atoms with Crippen molar-refractivity contribution in [1.82, 2.24) is 9.80 Å². The van der Waals surface area contributed by atoms with Gasteiger partial charge in [0.1, 0.15) is 11.5 Å². The van der Waals surface area contributed by atoms with E-state index in [1.165, 1.54) is 0 Å². The number of aliphatic hydroxyl groups is 1. The van der Waals surface area contributed by atoms with E-state index in [9.17, 15) is 14.7 Å². The molecule has 1 N–H and O–H groups in total. The minimum atomic E-state index is -0.648. The van der Waals surface area contributed by atoms with E-state index in [0.717, 1.165) is 31.6 Å². The molecular weight excluding hydrogens is 392 g/mol. The second kappa shape index (κ2) is 10.3. The lowest BCUT2D eigenvalue weighted by Gasteiger charge is -2.27. The molecule has 6 heteroatoms. The molecule has 0 aromatic heterocycles. The predicted octanol–water partition coefficient (Wildman–Crippen LogP) is 3.85. The van der Waals surface area contributed by atoms with E-state index in [0.29, 0.717) is 17.9 Å². The molecule has 1 atom stereocenters. The highest BCUT2D eigenvalue weighted by molar-refractivity contribution is 6.46. The Balaban J connectivity index is 2.00. The number of ketones is 1. The first-order valence-electron chi connectivity index (χ1n) is 10.7. The van der Waals surface area contributed by atoms with Crippen LogP contribution in [0.25, 0.3) is 5.76 Å². The van der Waals surface area contributed by atoms with Crippen molar-refractivity contribution in [2.75, 3.05) is 33.3 Å². The lowest BCUT2D eigenvalue weighted by molar-refractivity contribution is -0.140. The number of carbonyl (C=O) groups is 2. The molecule has 0 unspecified atom stereocenters. The summed E-state index contributed by atoms with van der Waals surface area (Å²) in [5, 5.41) is 11.0. The van der Waals surface area contributed by atoms with E-state index >= 15 is 0 Å². The van der Waals surface area contributed by atoms with Crippen LogP contribution in [0.15, 0.2) is 60.2 Å². The maximum absolute atomic E-state index is 13.0. The van der Waals surface area contributed by atoms with Gasteiger partial charge in [-0.1, -0.05) is 56.3 Å². The molecule has 2 aromatic rings. The topological polar surface area (TPSA) is 70.1 Å². The summed E-state index contributed by atoms with van der Waals surface area (Å²) in [5.74, 6) is -0.681. The number of aliphatic hydroxyl groups excluding tert-OH is 1. The van der Waals surface area contributed by atoms with Crippen molar-refractivity contribution >= 4 is 17.4 Å². The number of carbonyl (C=O) groups excluding carboxylic acids is 2. The highest BCUT2D eigenvalue weighted by Crippen LogP contribution is 2.39. The Kier molecular flexibility index (Phi) is 7.47. The summed E-state index contributed by atoms with van der Waals surface area (Å²) < 4.78 is 5.25. The molecule has 1 aliphatic heterocycles. The third kappa shape index (κ3) is 4.80. The number of benzene rings is 2. The Bertz CT molecular complexity index is 934. The van der Waals surface area contributed by atoms with Crippen molar-refractivity contribution in [2.45, 2.75) is 26.3 Å². The molecule has 1 heterocycles. The number of ether oxygens (including phenoxy) is 1. The van der Waals surface area contributed by atoms with Crippen LogP contribution in [-0.2, 0) is 9.59 Å². The SMILES string of the molecule is CCN(CC)CCCN1C(=O)C(=O)C(=C(O)c2ccccc2)[C@H]1c1ccc(OC)cc1. The van der Waals surface area contributed by atoms with E-state index in [4.69, 9.17) is 4.74 Å². The maximum Gasteiger partial charge on any atom is 0.295 e. The molecule has 1 aliphatic rings. The van der Waals surface area contributed by atoms with Crippen LogP contribution < -0.4 is 4.74 Å². The highest BCUT2D eigenvalue weighted by Gasteiger charge is 2.45. The van der Waals surface area contributed by atoms with E-state index < -0.39 is 17.7 Å². The molecular formula is C25H30N2O4. The van der Waals surface area contributed by atoms with Crippen LogP contribution in [0.2, 0.25) is 0 Å². The standard InChI is InChI=1S/C25H30N2O4/c1-4-26(5-2)16-9-17-27-22(18-12-14-20(31-3)15-13-18)21(24(29)25(27)30)23(28)19-10-7-6-8-11-19/h6-8,10-15,22,28H,4-5,9,16-17H2,1-3H3/t22-/m1/s1. The number of hydrogen-bond donors (Lipinski definition) is 1. The number of Topliss-reactive ketones (excluding diaryl/α,β-unsaturated/α-hetero) is 1. The number of rotatable bonds is 9. The maximum atomic E-state index is 13.0. The van der Waals surface area contributed by atoms with Gasteiger partial charge in [0, 0.05) is 12.1 Å². The van der Waals surface area contributed by atoms with Gasteiger partial charge in [-0.2, -0.15) is 0 Å². The second-order valence-electron chi connectivity index (χ2n) is 7.51. The van der Waals surface area contributed by atoms with Crippen LogP contribution in [-0.4, -0.2) is 59.9 Å². The average Bonchev–Trinajstić information content (AvgIpc) is 3.07. The average molecular weight is 423 g/mol. The Hall–Kier alpha value is -3.12.